The summed E-state index contributed by atoms with van der Waals surface area (Å²) < 4.78 is 11.5. The van der Waals surface area contributed by atoms with Crippen LogP contribution in [0.3, 0.4) is 0 Å². The second-order valence-corrected chi connectivity index (χ2v) is 7.71. The second-order valence-electron chi connectivity index (χ2n) is 7.71. The van der Waals surface area contributed by atoms with E-state index in [2.05, 4.69) is 10.6 Å². The van der Waals surface area contributed by atoms with E-state index in [1.165, 1.54) is 6.92 Å². The topological polar surface area (TPSA) is 96.9 Å². The van der Waals surface area contributed by atoms with Crippen molar-refractivity contribution in [2.24, 2.45) is 0 Å². The minimum Gasteiger partial charge on any atom is -0.444 e. The number of ether oxygens (including phenoxy) is 2. The average molecular weight is 370 g/mol. The van der Waals surface area contributed by atoms with E-state index in [0.717, 1.165) is 18.4 Å². The SMILES string of the molecule is CCC(CC)O[C@@H]1C=C(CO)C[C@H](NC(=O)OC(C)(C)C)[C@H]1NC(C)=O. The van der Waals surface area contributed by atoms with Gasteiger partial charge < -0.3 is 25.2 Å². The molecule has 1 rings (SSSR count). The molecule has 26 heavy (non-hydrogen) atoms. The average Bonchev–Trinajstić information content (AvgIpc) is 2.52. The number of nitrogens with one attached hydrogen (secondary N) is 2. The van der Waals surface area contributed by atoms with Crippen LogP contribution in [0.5, 0.6) is 0 Å². The third-order valence-corrected chi connectivity index (χ3v) is 4.20. The largest absolute Gasteiger partial charge is 0.444 e. The zero-order chi connectivity index (χ0) is 19.9. The number of amides is 2. The van der Waals surface area contributed by atoms with Gasteiger partial charge in [-0.25, -0.2) is 4.79 Å². The first-order chi connectivity index (χ1) is 12.1. The fourth-order valence-corrected chi connectivity index (χ4v) is 3.00. The van der Waals surface area contributed by atoms with Crippen LogP contribution >= 0.6 is 0 Å². The number of carbonyl (C=O) groups is 2. The lowest BCUT2D eigenvalue weighted by Crippen LogP contribution is -2.59. The predicted octanol–water partition coefficient (Wildman–Crippen LogP) is 2.28. The maximum absolute atomic E-state index is 12.2. The molecule has 3 atom stereocenters. The van der Waals surface area contributed by atoms with Crippen LogP contribution in [0, 0.1) is 0 Å². The van der Waals surface area contributed by atoms with E-state index in [1.807, 2.05) is 19.9 Å². The third-order valence-electron chi connectivity index (χ3n) is 4.20. The lowest BCUT2D eigenvalue weighted by atomic mass is 9.88. The molecular weight excluding hydrogens is 336 g/mol. The summed E-state index contributed by atoms with van der Waals surface area (Å²) in [5, 5.41) is 15.3. The molecule has 0 saturated heterocycles. The minimum absolute atomic E-state index is 0.0349. The normalized spacial score (nSPS) is 23.4. The van der Waals surface area contributed by atoms with Crippen molar-refractivity contribution in [3.8, 4) is 0 Å². The maximum Gasteiger partial charge on any atom is 0.407 e. The molecule has 0 aromatic heterocycles. The number of carbonyl (C=O) groups excluding carboxylic acids is 2. The first-order valence-corrected chi connectivity index (χ1v) is 9.32. The van der Waals surface area contributed by atoms with Crippen molar-refractivity contribution in [1.29, 1.82) is 0 Å². The smallest absolute Gasteiger partial charge is 0.407 e. The molecule has 0 heterocycles. The Morgan fingerprint density at radius 3 is 2.35 bits per heavy atom. The van der Waals surface area contributed by atoms with Crippen LogP contribution in [0.15, 0.2) is 11.6 Å². The summed E-state index contributed by atoms with van der Waals surface area (Å²) in [6.07, 6.45) is 3.00. The van der Waals surface area contributed by atoms with Gasteiger partial charge in [-0.15, -0.1) is 0 Å². The van der Waals surface area contributed by atoms with Crippen molar-refractivity contribution in [2.75, 3.05) is 6.61 Å². The van der Waals surface area contributed by atoms with Crippen molar-refractivity contribution in [3.63, 3.8) is 0 Å². The lowest BCUT2D eigenvalue weighted by molar-refractivity contribution is -0.121. The van der Waals surface area contributed by atoms with Crippen LogP contribution in [0.4, 0.5) is 4.79 Å². The van der Waals surface area contributed by atoms with Gasteiger partial charge in [0.25, 0.3) is 0 Å². The highest BCUT2D eigenvalue weighted by atomic mass is 16.6. The predicted molar refractivity (Wildman–Crippen MR) is 99.8 cm³/mol. The van der Waals surface area contributed by atoms with Gasteiger partial charge in [0, 0.05) is 6.92 Å². The summed E-state index contributed by atoms with van der Waals surface area (Å²) in [5.41, 5.74) is 0.146. The Morgan fingerprint density at radius 2 is 1.88 bits per heavy atom. The molecule has 0 aliphatic heterocycles. The number of rotatable bonds is 7. The van der Waals surface area contributed by atoms with E-state index >= 15 is 0 Å². The molecule has 150 valence electrons. The van der Waals surface area contributed by atoms with Crippen molar-refractivity contribution in [2.45, 2.75) is 90.7 Å². The second kappa shape index (κ2) is 9.92. The molecule has 0 spiro atoms. The molecule has 0 aromatic rings. The van der Waals surface area contributed by atoms with Crippen LogP contribution in [-0.4, -0.2) is 53.6 Å². The number of aliphatic hydroxyl groups excluding tert-OH is 1. The number of alkyl carbamates (subject to hydrolysis) is 1. The summed E-state index contributed by atoms with van der Waals surface area (Å²) in [7, 11) is 0. The first kappa shape index (κ1) is 22.4. The molecule has 0 aromatic carbocycles. The van der Waals surface area contributed by atoms with Gasteiger partial charge in [0.15, 0.2) is 0 Å². The molecule has 7 heteroatoms. The van der Waals surface area contributed by atoms with Gasteiger partial charge in [-0.05, 0) is 45.6 Å². The standard InChI is InChI=1S/C19H34N2O5/c1-7-14(8-2)25-16-10-13(11-22)9-15(17(16)20-12(3)23)21-18(24)26-19(4,5)6/h10,14-17,22H,7-9,11H2,1-6H3,(H,20,23)(H,21,24)/t15-,16+,17+/m0/s1. The monoisotopic (exact) mass is 370 g/mol. The van der Waals surface area contributed by atoms with E-state index in [-0.39, 0.29) is 18.6 Å². The fourth-order valence-electron chi connectivity index (χ4n) is 3.00. The highest BCUT2D eigenvalue weighted by Crippen LogP contribution is 2.24. The van der Waals surface area contributed by atoms with Crippen LogP contribution in [0.25, 0.3) is 0 Å². The zero-order valence-electron chi connectivity index (χ0n) is 16.8. The Morgan fingerprint density at radius 1 is 1.27 bits per heavy atom. The molecular formula is C19H34N2O5. The highest BCUT2D eigenvalue weighted by Gasteiger charge is 2.37. The molecule has 3 N–H and O–H groups in total. The Hall–Kier alpha value is -1.60. The van der Waals surface area contributed by atoms with Gasteiger partial charge in [0.1, 0.15) is 5.60 Å². The number of aliphatic hydroxyl groups is 1. The van der Waals surface area contributed by atoms with E-state index < -0.39 is 29.9 Å². The highest BCUT2D eigenvalue weighted by molar-refractivity contribution is 5.74. The Kier molecular flexibility index (Phi) is 8.56. The molecule has 0 fully saturated rings. The van der Waals surface area contributed by atoms with Crippen LogP contribution in [-0.2, 0) is 14.3 Å². The van der Waals surface area contributed by atoms with Crippen molar-refractivity contribution < 1.29 is 24.2 Å². The zero-order valence-corrected chi connectivity index (χ0v) is 16.8. The Balaban J connectivity index is 3.03. The summed E-state index contributed by atoms with van der Waals surface area (Å²) in [4.78, 5) is 23.9. The van der Waals surface area contributed by atoms with E-state index in [0.29, 0.717) is 6.42 Å². The van der Waals surface area contributed by atoms with Gasteiger partial charge in [-0.2, -0.15) is 0 Å². The summed E-state index contributed by atoms with van der Waals surface area (Å²) in [5.74, 6) is -0.204. The van der Waals surface area contributed by atoms with Gasteiger partial charge >= 0.3 is 6.09 Å². The Labute approximate surface area is 156 Å². The summed E-state index contributed by atoms with van der Waals surface area (Å²) in [6.45, 7) is 10.8. The van der Waals surface area contributed by atoms with Gasteiger partial charge in [0.05, 0.1) is 30.9 Å². The van der Waals surface area contributed by atoms with E-state index in [1.54, 1.807) is 20.8 Å². The number of hydrogen-bond donors (Lipinski definition) is 3. The van der Waals surface area contributed by atoms with Gasteiger partial charge in [0.2, 0.25) is 5.91 Å². The molecule has 2 amide bonds. The Bertz CT molecular complexity index is 509. The van der Waals surface area contributed by atoms with Crippen molar-refractivity contribution in [3.05, 3.63) is 11.6 Å². The van der Waals surface area contributed by atoms with E-state index in [9.17, 15) is 14.7 Å². The summed E-state index contributed by atoms with van der Waals surface area (Å²) >= 11 is 0. The lowest BCUT2D eigenvalue weighted by Gasteiger charge is -2.39. The maximum atomic E-state index is 12.2. The van der Waals surface area contributed by atoms with Crippen molar-refractivity contribution in [1.82, 2.24) is 10.6 Å². The number of hydrogen-bond acceptors (Lipinski definition) is 5. The molecule has 0 radical (unpaired) electrons. The minimum atomic E-state index is -0.622. The third kappa shape index (κ3) is 7.33. The van der Waals surface area contributed by atoms with Crippen LogP contribution in [0.1, 0.15) is 60.8 Å². The van der Waals surface area contributed by atoms with Crippen LogP contribution in [0.2, 0.25) is 0 Å². The molecule has 0 saturated carbocycles. The first-order valence-electron chi connectivity index (χ1n) is 9.32. The van der Waals surface area contributed by atoms with Crippen LogP contribution < -0.4 is 10.6 Å². The van der Waals surface area contributed by atoms with Crippen molar-refractivity contribution >= 4 is 12.0 Å². The molecule has 7 nitrogen and oxygen atoms in total. The quantitative estimate of drug-likeness (QED) is 0.598. The fraction of sp³-hybridized carbons (Fsp3) is 0.789. The van der Waals surface area contributed by atoms with Gasteiger partial charge in [-0.3, -0.25) is 4.79 Å². The summed E-state index contributed by atoms with van der Waals surface area (Å²) in [6, 6.07) is -0.865. The molecule has 1 aliphatic rings. The van der Waals surface area contributed by atoms with E-state index in [4.69, 9.17) is 9.47 Å². The molecule has 1 aliphatic carbocycles. The van der Waals surface area contributed by atoms with Gasteiger partial charge in [-0.1, -0.05) is 19.9 Å². The molecule has 0 unspecified atom stereocenters. The molecule has 0 bridgehead atoms.